The fraction of sp³-hybridized carbons (Fsp3) is 0.684. The van der Waals surface area contributed by atoms with Gasteiger partial charge < -0.3 is 14.2 Å². The molecule has 0 amide bonds. The first-order valence-electron chi connectivity index (χ1n) is 9.31. The topological polar surface area (TPSA) is 122 Å². The van der Waals surface area contributed by atoms with Crippen LogP contribution in [0.2, 0.25) is 0 Å². The van der Waals surface area contributed by atoms with Crippen LogP contribution in [0.3, 0.4) is 0 Å². The molecule has 29 heavy (non-hydrogen) atoms. The summed E-state index contributed by atoms with van der Waals surface area (Å²) in [7, 11) is -0.780. The molecule has 1 aliphatic rings. The van der Waals surface area contributed by atoms with E-state index < -0.39 is 32.8 Å². The molecule has 9 nitrogen and oxygen atoms in total. The molecule has 1 saturated carbocycles. The molecule has 1 atom stereocenters. The Labute approximate surface area is 171 Å². The van der Waals surface area contributed by atoms with Crippen molar-refractivity contribution in [2.45, 2.75) is 62.1 Å². The van der Waals surface area contributed by atoms with Crippen LogP contribution in [0, 0.1) is 0 Å². The lowest BCUT2D eigenvalue weighted by Crippen LogP contribution is -2.49. The van der Waals surface area contributed by atoms with Gasteiger partial charge in [0, 0.05) is 26.3 Å². The summed E-state index contributed by atoms with van der Waals surface area (Å²) in [5.74, 6) is -2.05. The van der Waals surface area contributed by atoms with Gasteiger partial charge in [-0.3, -0.25) is 9.59 Å². The second kappa shape index (κ2) is 8.74. The minimum atomic E-state index is -3.38. The number of methoxy groups -OCH3 is 2. The van der Waals surface area contributed by atoms with Crippen LogP contribution in [-0.2, 0) is 44.8 Å². The van der Waals surface area contributed by atoms with Crippen molar-refractivity contribution in [3.63, 3.8) is 0 Å². The Morgan fingerprint density at radius 2 is 1.83 bits per heavy atom. The molecule has 0 aliphatic heterocycles. The SMILES string of the molecule is COCCC(C(=O)OC)(C(=O)OC(C)(C)C)c1ccnc(CS(=O)(=O)C2CC2)n1. The van der Waals surface area contributed by atoms with Crippen molar-refractivity contribution >= 4 is 21.8 Å². The Morgan fingerprint density at radius 3 is 2.34 bits per heavy atom. The average molecular weight is 429 g/mol. The number of hydrogen-bond donors (Lipinski definition) is 0. The Morgan fingerprint density at radius 1 is 1.17 bits per heavy atom. The molecule has 1 aromatic rings. The van der Waals surface area contributed by atoms with Crippen LogP contribution in [0.25, 0.3) is 0 Å². The zero-order chi connectivity index (χ0) is 21.9. The van der Waals surface area contributed by atoms with Crippen molar-refractivity contribution in [1.29, 1.82) is 0 Å². The van der Waals surface area contributed by atoms with E-state index in [1.54, 1.807) is 20.8 Å². The lowest BCUT2D eigenvalue weighted by atomic mass is 9.80. The van der Waals surface area contributed by atoms with E-state index in [2.05, 4.69) is 9.97 Å². The molecule has 1 fully saturated rings. The highest BCUT2D eigenvalue weighted by atomic mass is 32.2. The molecule has 2 rings (SSSR count). The molecule has 1 unspecified atom stereocenters. The zero-order valence-corrected chi connectivity index (χ0v) is 18.2. The van der Waals surface area contributed by atoms with Crippen molar-refractivity contribution in [3.8, 4) is 0 Å². The fourth-order valence-electron chi connectivity index (χ4n) is 2.85. The first-order valence-corrected chi connectivity index (χ1v) is 11.0. The van der Waals surface area contributed by atoms with E-state index in [1.807, 2.05) is 0 Å². The van der Waals surface area contributed by atoms with Crippen LogP contribution in [0.15, 0.2) is 12.3 Å². The third-order valence-electron chi connectivity index (χ3n) is 4.47. The van der Waals surface area contributed by atoms with E-state index in [-0.39, 0.29) is 35.5 Å². The highest BCUT2D eigenvalue weighted by Gasteiger charge is 2.52. The second-order valence-corrected chi connectivity index (χ2v) is 10.3. The van der Waals surface area contributed by atoms with Crippen molar-refractivity contribution in [2.75, 3.05) is 20.8 Å². The predicted octanol–water partition coefficient (Wildman–Crippen LogP) is 1.34. The summed E-state index contributed by atoms with van der Waals surface area (Å²) in [5, 5.41) is -0.375. The van der Waals surface area contributed by atoms with Crippen LogP contribution < -0.4 is 0 Å². The van der Waals surface area contributed by atoms with Crippen LogP contribution in [0.4, 0.5) is 0 Å². The number of carbonyl (C=O) groups is 2. The van der Waals surface area contributed by atoms with Gasteiger partial charge in [0.1, 0.15) is 17.2 Å². The molecule has 10 heteroatoms. The third-order valence-corrected chi connectivity index (χ3v) is 6.62. The van der Waals surface area contributed by atoms with Crippen molar-refractivity contribution in [2.24, 2.45) is 0 Å². The van der Waals surface area contributed by atoms with Gasteiger partial charge in [-0.2, -0.15) is 0 Å². The molecule has 0 radical (unpaired) electrons. The quantitative estimate of drug-likeness (QED) is 0.423. The molecule has 1 aromatic heterocycles. The highest BCUT2D eigenvalue weighted by Crippen LogP contribution is 2.33. The Bertz CT molecular complexity index is 860. The van der Waals surface area contributed by atoms with Gasteiger partial charge in [0.25, 0.3) is 0 Å². The molecular weight excluding hydrogens is 400 g/mol. The highest BCUT2D eigenvalue weighted by molar-refractivity contribution is 7.91. The first-order chi connectivity index (χ1) is 13.5. The summed E-state index contributed by atoms with van der Waals surface area (Å²) in [6.07, 6.45) is 2.49. The molecule has 162 valence electrons. The molecule has 0 aromatic carbocycles. The Hall–Kier alpha value is -2.07. The number of sulfone groups is 1. The molecular formula is C19H28N2O7S. The standard InChI is InChI=1S/C19H28N2O7S/c1-18(2,3)28-17(23)19(9-11-26-4,16(22)27-5)14-8-10-20-15(21-14)12-29(24,25)13-6-7-13/h8,10,13H,6-7,9,11-12H2,1-5H3. The lowest BCUT2D eigenvalue weighted by molar-refractivity contribution is -0.172. The minimum Gasteiger partial charge on any atom is -0.468 e. The zero-order valence-electron chi connectivity index (χ0n) is 17.4. The molecule has 1 aliphatic carbocycles. The molecule has 0 saturated heterocycles. The van der Waals surface area contributed by atoms with E-state index in [0.717, 1.165) is 7.11 Å². The van der Waals surface area contributed by atoms with Gasteiger partial charge in [-0.05, 0) is 39.7 Å². The van der Waals surface area contributed by atoms with E-state index in [1.165, 1.54) is 19.4 Å². The molecule has 0 bridgehead atoms. The van der Waals surface area contributed by atoms with Gasteiger partial charge in [0.2, 0.25) is 5.41 Å². The van der Waals surface area contributed by atoms with Gasteiger partial charge >= 0.3 is 11.9 Å². The van der Waals surface area contributed by atoms with E-state index in [9.17, 15) is 18.0 Å². The number of hydrogen-bond acceptors (Lipinski definition) is 9. The van der Waals surface area contributed by atoms with Gasteiger partial charge in [0.15, 0.2) is 9.84 Å². The maximum Gasteiger partial charge on any atom is 0.330 e. The van der Waals surface area contributed by atoms with Crippen molar-refractivity contribution < 1.29 is 32.2 Å². The Balaban J connectivity index is 2.53. The summed E-state index contributed by atoms with van der Waals surface area (Å²) in [6, 6.07) is 1.39. The Kier molecular flexibility index (Phi) is 7.00. The third kappa shape index (κ3) is 5.51. The number of esters is 2. The first kappa shape index (κ1) is 23.2. The average Bonchev–Trinajstić information content (AvgIpc) is 3.46. The van der Waals surface area contributed by atoms with Gasteiger partial charge in [-0.15, -0.1) is 0 Å². The summed E-state index contributed by atoms with van der Waals surface area (Å²) >= 11 is 0. The largest absolute Gasteiger partial charge is 0.468 e. The monoisotopic (exact) mass is 428 g/mol. The molecule has 0 N–H and O–H groups in total. The fourth-order valence-corrected chi connectivity index (χ4v) is 4.44. The van der Waals surface area contributed by atoms with Gasteiger partial charge in [-0.1, -0.05) is 0 Å². The molecule has 0 spiro atoms. The van der Waals surface area contributed by atoms with E-state index >= 15 is 0 Å². The maximum atomic E-state index is 13.1. The normalized spacial score (nSPS) is 16.7. The number of rotatable bonds is 9. The second-order valence-electron chi connectivity index (χ2n) is 8.01. The van der Waals surface area contributed by atoms with E-state index in [0.29, 0.717) is 12.8 Å². The van der Waals surface area contributed by atoms with Crippen molar-refractivity contribution in [3.05, 3.63) is 23.8 Å². The maximum absolute atomic E-state index is 13.1. The lowest BCUT2D eigenvalue weighted by Gasteiger charge is -2.31. The number of aromatic nitrogens is 2. The molecule has 1 heterocycles. The predicted molar refractivity (Wildman–Crippen MR) is 104 cm³/mol. The number of carbonyl (C=O) groups excluding carboxylic acids is 2. The van der Waals surface area contributed by atoms with Crippen molar-refractivity contribution in [1.82, 2.24) is 9.97 Å². The smallest absolute Gasteiger partial charge is 0.330 e. The number of nitrogens with zero attached hydrogens (tertiary/aromatic N) is 2. The summed E-state index contributed by atoms with van der Waals surface area (Å²) in [6.45, 7) is 5.08. The van der Waals surface area contributed by atoms with Crippen LogP contribution >= 0.6 is 0 Å². The minimum absolute atomic E-state index is 0.0173. The van der Waals surface area contributed by atoms with E-state index in [4.69, 9.17) is 14.2 Å². The summed E-state index contributed by atoms with van der Waals surface area (Å²) in [4.78, 5) is 34.3. The van der Waals surface area contributed by atoms with Gasteiger partial charge in [0.05, 0.1) is 18.1 Å². The van der Waals surface area contributed by atoms with Crippen LogP contribution in [-0.4, -0.2) is 62.0 Å². The summed E-state index contributed by atoms with van der Waals surface area (Å²) in [5.41, 5.74) is -2.75. The van der Waals surface area contributed by atoms with Crippen LogP contribution in [0.5, 0.6) is 0 Å². The summed E-state index contributed by atoms with van der Waals surface area (Å²) < 4.78 is 40.1. The van der Waals surface area contributed by atoms with Crippen LogP contribution in [0.1, 0.15) is 51.6 Å². The van der Waals surface area contributed by atoms with Gasteiger partial charge in [-0.25, -0.2) is 18.4 Å². The number of ether oxygens (including phenoxy) is 3.